The maximum absolute atomic E-state index is 2.31. The van der Waals surface area contributed by atoms with Crippen molar-refractivity contribution in [3.63, 3.8) is 0 Å². The number of allylic oxidation sites excluding steroid dienone is 2. The van der Waals surface area contributed by atoms with Gasteiger partial charge in [-0.2, -0.15) is 0 Å². The molecule has 0 aromatic heterocycles. The molecule has 0 aliphatic carbocycles. The molecule has 2 heteroatoms. The van der Waals surface area contributed by atoms with E-state index in [-0.39, 0.29) is 0 Å². The fraction of sp³-hybridized carbons (Fsp3) is 0.529. The van der Waals surface area contributed by atoms with Gasteiger partial charge >= 0.3 is 0 Å². The molecule has 0 aliphatic rings. The zero-order valence-corrected chi connectivity index (χ0v) is 26.3. The van der Waals surface area contributed by atoms with E-state index in [2.05, 4.69) is 90.1 Å². The molecule has 0 amide bonds. The number of hydrogen-bond acceptors (Lipinski definition) is 0. The Morgan fingerprint density at radius 3 is 0.889 bits per heavy atom. The second-order valence-corrected chi connectivity index (χ2v) is 14.6. The standard InChI is InChI=1S/C16H14.2C9H21P/c1-3-9-15(10-4-1)13-7-8-14-16-11-5-2-6-12-16;2*1-4-7-10(8-5-2)9-6-3/h1-14H;2*4-9H2,1-3H3. The molecule has 36 heavy (non-hydrogen) atoms. The second kappa shape index (κ2) is 26.8. The van der Waals surface area contributed by atoms with Crippen LogP contribution in [0.2, 0.25) is 0 Å². The molecule has 0 heterocycles. The zero-order valence-electron chi connectivity index (χ0n) is 24.5. The van der Waals surface area contributed by atoms with Gasteiger partial charge in [-0.15, -0.1) is 15.8 Å². The summed E-state index contributed by atoms with van der Waals surface area (Å²) < 4.78 is 0. The van der Waals surface area contributed by atoms with Gasteiger partial charge in [0.05, 0.1) is 0 Å². The Hall–Kier alpha value is -1.22. The molecule has 0 spiro atoms. The average molecular weight is 527 g/mol. The van der Waals surface area contributed by atoms with E-state index in [9.17, 15) is 0 Å². The van der Waals surface area contributed by atoms with Gasteiger partial charge in [-0.3, -0.25) is 0 Å². The topological polar surface area (TPSA) is 0 Å². The van der Waals surface area contributed by atoms with Gasteiger partial charge in [0, 0.05) is 0 Å². The molecule has 0 fully saturated rings. The van der Waals surface area contributed by atoms with Crippen molar-refractivity contribution in [3.8, 4) is 0 Å². The van der Waals surface area contributed by atoms with Crippen LogP contribution in [0, 0.1) is 0 Å². The summed E-state index contributed by atoms with van der Waals surface area (Å²) in [6.07, 6.45) is 25.7. The van der Waals surface area contributed by atoms with Crippen LogP contribution in [0.25, 0.3) is 12.2 Å². The lowest BCUT2D eigenvalue weighted by atomic mass is 10.2. The first-order valence-electron chi connectivity index (χ1n) is 14.5. The van der Waals surface area contributed by atoms with Crippen LogP contribution >= 0.6 is 15.8 Å². The summed E-state index contributed by atoms with van der Waals surface area (Å²) in [7, 11) is 0.878. The number of rotatable bonds is 15. The zero-order chi connectivity index (χ0) is 26.7. The molecular formula is C34H56P2. The highest BCUT2D eigenvalue weighted by molar-refractivity contribution is 7.57. The van der Waals surface area contributed by atoms with Crippen molar-refractivity contribution in [2.45, 2.75) is 80.1 Å². The van der Waals surface area contributed by atoms with Crippen LogP contribution in [0.1, 0.15) is 91.2 Å². The van der Waals surface area contributed by atoms with Crippen LogP contribution in [0.15, 0.2) is 72.8 Å². The molecule has 2 aromatic rings. The average Bonchev–Trinajstić information content (AvgIpc) is 2.90. The molecule has 2 aromatic carbocycles. The van der Waals surface area contributed by atoms with Gasteiger partial charge < -0.3 is 0 Å². The smallest absolute Gasteiger partial charge is 0.0257 e. The predicted molar refractivity (Wildman–Crippen MR) is 176 cm³/mol. The van der Waals surface area contributed by atoms with Crippen molar-refractivity contribution in [2.24, 2.45) is 0 Å². The fourth-order valence-electron chi connectivity index (χ4n) is 4.03. The van der Waals surface area contributed by atoms with Crippen molar-refractivity contribution in [3.05, 3.63) is 83.9 Å². The lowest BCUT2D eigenvalue weighted by Crippen LogP contribution is -1.92. The van der Waals surface area contributed by atoms with Crippen LogP contribution in [0.3, 0.4) is 0 Å². The van der Waals surface area contributed by atoms with Crippen LogP contribution in [0.5, 0.6) is 0 Å². The molecule has 0 atom stereocenters. The van der Waals surface area contributed by atoms with Gasteiger partial charge in [-0.1, -0.05) is 165 Å². The van der Waals surface area contributed by atoms with E-state index in [1.807, 2.05) is 36.4 Å². The van der Waals surface area contributed by atoms with Crippen molar-refractivity contribution >= 4 is 28.0 Å². The monoisotopic (exact) mass is 526 g/mol. The van der Waals surface area contributed by atoms with Gasteiger partial charge in [0.1, 0.15) is 0 Å². The molecule has 0 radical (unpaired) electrons. The Morgan fingerprint density at radius 1 is 0.417 bits per heavy atom. The Kier molecular flexibility index (Phi) is 25.9. The highest BCUT2D eigenvalue weighted by Crippen LogP contribution is 2.37. The molecule has 2 rings (SSSR count). The van der Waals surface area contributed by atoms with Crippen molar-refractivity contribution in [2.75, 3.05) is 37.0 Å². The van der Waals surface area contributed by atoms with Gasteiger partial charge in [0.2, 0.25) is 0 Å². The summed E-state index contributed by atoms with van der Waals surface area (Å²) in [6, 6.07) is 20.6. The first-order chi connectivity index (χ1) is 17.6. The van der Waals surface area contributed by atoms with Crippen molar-refractivity contribution in [1.82, 2.24) is 0 Å². The van der Waals surface area contributed by atoms with E-state index in [4.69, 9.17) is 0 Å². The minimum absolute atomic E-state index is 0.439. The summed E-state index contributed by atoms with van der Waals surface area (Å²) in [4.78, 5) is 0. The Labute approximate surface area is 228 Å². The lowest BCUT2D eigenvalue weighted by Gasteiger charge is -2.13. The van der Waals surface area contributed by atoms with Crippen molar-refractivity contribution < 1.29 is 0 Å². The Bertz CT molecular complexity index is 642. The quantitative estimate of drug-likeness (QED) is 0.160. The Morgan fingerprint density at radius 2 is 0.667 bits per heavy atom. The normalized spacial score (nSPS) is 11.0. The fourth-order valence-corrected chi connectivity index (χ4v) is 9.17. The third-order valence-corrected chi connectivity index (χ3v) is 12.0. The third kappa shape index (κ3) is 20.9. The minimum atomic E-state index is 0.439. The van der Waals surface area contributed by atoms with Gasteiger partial charge in [0.15, 0.2) is 0 Å². The summed E-state index contributed by atoms with van der Waals surface area (Å²) in [5, 5.41) is 0. The predicted octanol–water partition coefficient (Wildman–Crippen LogP) is 11.8. The molecule has 0 N–H and O–H groups in total. The SMILES string of the molecule is C(C=Cc1ccccc1)=Cc1ccccc1.CCCP(CCC)CCC.CCCP(CCC)CCC. The van der Waals surface area contributed by atoms with E-state index in [0.717, 1.165) is 0 Å². The van der Waals surface area contributed by atoms with E-state index in [0.29, 0.717) is 15.8 Å². The molecule has 0 nitrogen and oxygen atoms in total. The number of hydrogen-bond donors (Lipinski definition) is 0. The minimum Gasteiger partial charge on any atom is -0.107 e. The van der Waals surface area contributed by atoms with Crippen LogP contribution in [0.4, 0.5) is 0 Å². The second-order valence-electron chi connectivity index (χ2n) is 9.22. The Balaban J connectivity index is 0.000000540. The molecule has 0 aliphatic heterocycles. The van der Waals surface area contributed by atoms with E-state index in [1.165, 1.54) is 86.6 Å². The van der Waals surface area contributed by atoms with E-state index >= 15 is 0 Å². The summed E-state index contributed by atoms with van der Waals surface area (Å²) >= 11 is 0. The van der Waals surface area contributed by atoms with E-state index < -0.39 is 0 Å². The molecular weight excluding hydrogens is 470 g/mol. The summed E-state index contributed by atoms with van der Waals surface area (Å²) in [5.41, 5.74) is 2.44. The largest absolute Gasteiger partial charge is 0.107 e. The van der Waals surface area contributed by atoms with Crippen LogP contribution in [-0.2, 0) is 0 Å². The van der Waals surface area contributed by atoms with Crippen molar-refractivity contribution in [1.29, 1.82) is 0 Å². The van der Waals surface area contributed by atoms with Crippen LogP contribution < -0.4 is 0 Å². The van der Waals surface area contributed by atoms with Gasteiger partial charge in [0.25, 0.3) is 0 Å². The molecule has 202 valence electrons. The summed E-state index contributed by atoms with van der Waals surface area (Å²) in [5.74, 6) is 0. The van der Waals surface area contributed by atoms with Crippen LogP contribution in [-0.4, -0.2) is 37.0 Å². The van der Waals surface area contributed by atoms with E-state index in [1.54, 1.807) is 0 Å². The maximum Gasteiger partial charge on any atom is -0.0257 e. The van der Waals surface area contributed by atoms with Gasteiger partial charge in [-0.05, 0) is 48.1 Å². The first-order valence-corrected chi connectivity index (χ1v) is 18.3. The lowest BCUT2D eigenvalue weighted by molar-refractivity contribution is 1.02. The molecule has 0 unspecified atom stereocenters. The first kappa shape index (κ1) is 34.8. The van der Waals surface area contributed by atoms with Gasteiger partial charge in [-0.25, -0.2) is 0 Å². The summed E-state index contributed by atoms with van der Waals surface area (Å²) in [6.45, 7) is 13.8. The molecule has 0 saturated carbocycles. The molecule has 0 bridgehead atoms. The third-order valence-electron chi connectivity index (χ3n) is 5.53. The number of benzene rings is 2. The highest BCUT2D eigenvalue weighted by atomic mass is 31.1. The molecule has 0 saturated heterocycles. The highest BCUT2D eigenvalue weighted by Gasteiger charge is 2.03. The maximum atomic E-state index is 2.31.